The van der Waals surface area contributed by atoms with Gasteiger partial charge in [-0.2, -0.15) is 10.2 Å². The molecule has 0 aliphatic heterocycles. The lowest BCUT2D eigenvalue weighted by Crippen LogP contribution is -2.02. The summed E-state index contributed by atoms with van der Waals surface area (Å²) in [6.07, 6.45) is 1.70. The zero-order chi connectivity index (χ0) is 11.0. The van der Waals surface area contributed by atoms with E-state index in [1.165, 1.54) is 0 Å². The molecule has 0 radical (unpaired) electrons. The van der Waals surface area contributed by atoms with Crippen LogP contribution in [-0.2, 0) is 13.6 Å². The summed E-state index contributed by atoms with van der Waals surface area (Å²) < 4.78 is 3.50. The van der Waals surface area contributed by atoms with E-state index < -0.39 is 0 Å². The molecule has 2 rings (SSSR count). The molecule has 0 spiro atoms. The second-order valence-corrected chi connectivity index (χ2v) is 3.87. The highest BCUT2D eigenvalue weighted by Crippen LogP contribution is 2.16. The van der Waals surface area contributed by atoms with Crippen molar-refractivity contribution in [2.75, 3.05) is 5.73 Å². The number of nitrogen functional groups attached to an aromatic ring is 1. The molecule has 0 aliphatic carbocycles. The van der Waals surface area contributed by atoms with Crippen molar-refractivity contribution in [2.24, 2.45) is 7.05 Å². The average Bonchev–Trinajstić information content (AvgIpc) is 2.59. The molecule has 0 saturated heterocycles. The lowest BCUT2D eigenvalue weighted by Gasteiger charge is -1.95. The predicted octanol–water partition coefficient (Wildman–Crippen LogP) is 1.21. The van der Waals surface area contributed by atoms with Crippen molar-refractivity contribution < 1.29 is 0 Å². The highest BCUT2D eigenvalue weighted by molar-refractivity contribution is 6.32. The summed E-state index contributed by atoms with van der Waals surface area (Å²) in [4.78, 5) is 0. The van der Waals surface area contributed by atoms with E-state index in [-0.39, 0.29) is 0 Å². The smallest absolute Gasteiger partial charge is 0.164 e. The molecule has 0 saturated carbocycles. The number of nitrogens with two attached hydrogens (primary N) is 1. The van der Waals surface area contributed by atoms with Gasteiger partial charge in [0.1, 0.15) is 5.02 Å². The van der Waals surface area contributed by atoms with Gasteiger partial charge in [-0.3, -0.25) is 9.36 Å². The van der Waals surface area contributed by atoms with Crippen LogP contribution < -0.4 is 5.73 Å². The number of aryl methyl sites for hydroxylation is 2. The van der Waals surface area contributed by atoms with Gasteiger partial charge in [-0.15, -0.1) is 0 Å². The number of hydrogen-bond acceptors (Lipinski definition) is 3. The maximum atomic E-state index is 5.80. The van der Waals surface area contributed by atoms with Crippen LogP contribution in [0.5, 0.6) is 0 Å². The van der Waals surface area contributed by atoms with Gasteiger partial charge in [0, 0.05) is 18.9 Å². The first-order chi connectivity index (χ1) is 7.06. The molecule has 0 fully saturated rings. The molecule has 0 aromatic carbocycles. The lowest BCUT2D eigenvalue weighted by atomic mass is 10.4. The van der Waals surface area contributed by atoms with Gasteiger partial charge in [0.25, 0.3) is 0 Å². The van der Waals surface area contributed by atoms with Crippen molar-refractivity contribution in [1.82, 2.24) is 19.6 Å². The largest absolute Gasteiger partial charge is 0.381 e. The van der Waals surface area contributed by atoms with Gasteiger partial charge in [-0.05, 0) is 13.0 Å². The summed E-state index contributed by atoms with van der Waals surface area (Å²) in [6, 6.07) is 2.01. The molecule has 2 heterocycles. The summed E-state index contributed by atoms with van der Waals surface area (Å²) in [5.41, 5.74) is 7.59. The first-order valence-corrected chi connectivity index (χ1v) is 4.92. The number of halogens is 1. The molecule has 80 valence electrons. The molecule has 0 aliphatic rings. The van der Waals surface area contributed by atoms with Gasteiger partial charge in [0.2, 0.25) is 0 Å². The van der Waals surface area contributed by atoms with Crippen LogP contribution in [0.2, 0.25) is 5.02 Å². The van der Waals surface area contributed by atoms with Crippen LogP contribution >= 0.6 is 11.6 Å². The Balaban J connectivity index is 2.21. The van der Waals surface area contributed by atoms with Crippen molar-refractivity contribution in [2.45, 2.75) is 13.5 Å². The quantitative estimate of drug-likeness (QED) is 0.836. The Hall–Kier alpha value is -1.49. The minimum atomic E-state index is 0.351. The second kappa shape index (κ2) is 3.58. The molecular formula is C9H12ClN5. The van der Waals surface area contributed by atoms with Crippen LogP contribution in [0, 0.1) is 6.92 Å². The molecule has 2 aromatic rings. The van der Waals surface area contributed by atoms with E-state index in [9.17, 15) is 0 Å². The van der Waals surface area contributed by atoms with E-state index in [1.54, 1.807) is 10.9 Å². The Morgan fingerprint density at radius 3 is 2.67 bits per heavy atom. The van der Waals surface area contributed by atoms with E-state index >= 15 is 0 Å². The maximum absolute atomic E-state index is 5.80. The molecule has 2 aromatic heterocycles. The first kappa shape index (κ1) is 10.0. The van der Waals surface area contributed by atoms with E-state index in [0.717, 1.165) is 11.4 Å². The summed E-state index contributed by atoms with van der Waals surface area (Å²) in [7, 11) is 1.91. The fraction of sp³-hybridized carbons (Fsp3) is 0.333. The highest BCUT2D eigenvalue weighted by atomic mass is 35.5. The maximum Gasteiger partial charge on any atom is 0.164 e. The molecule has 0 unspecified atom stereocenters. The van der Waals surface area contributed by atoms with E-state index in [4.69, 9.17) is 17.3 Å². The Morgan fingerprint density at radius 2 is 2.20 bits per heavy atom. The Bertz CT molecular complexity index is 401. The van der Waals surface area contributed by atoms with E-state index in [0.29, 0.717) is 17.4 Å². The third-order valence-corrected chi connectivity index (χ3v) is 2.52. The second-order valence-electron chi connectivity index (χ2n) is 3.46. The van der Waals surface area contributed by atoms with E-state index in [2.05, 4.69) is 10.2 Å². The van der Waals surface area contributed by atoms with Crippen LogP contribution in [0.4, 0.5) is 5.82 Å². The minimum Gasteiger partial charge on any atom is -0.381 e. The van der Waals surface area contributed by atoms with Crippen molar-refractivity contribution >= 4 is 17.4 Å². The SMILES string of the molecule is Cc1cc(Cn2cc(Cl)c(N)n2)nn1C. The van der Waals surface area contributed by atoms with Gasteiger partial charge >= 0.3 is 0 Å². The van der Waals surface area contributed by atoms with Gasteiger partial charge < -0.3 is 5.73 Å². The molecule has 15 heavy (non-hydrogen) atoms. The van der Waals surface area contributed by atoms with Crippen molar-refractivity contribution in [3.05, 3.63) is 28.7 Å². The Morgan fingerprint density at radius 1 is 1.47 bits per heavy atom. The number of rotatable bonds is 2. The molecule has 2 N–H and O–H groups in total. The van der Waals surface area contributed by atoms with Gasteiger partial charge in [-0.1, -0.05) is 11.6 Å². The molecule has 0 atom stereocenters. The average molecular weight is 226 g/mol. The summed E-state index contributed by atoms with van der Waals surface area (Å²) >= 11 is 5.80. The number of aromatic nitrogens is 4. The van der Waals surface area contributed by atoms with Crippen molar-refractivity contribution in [3.8, 4) is 0 Å². The molecular weight excluding hydrogens is 214 g/mol. The lowest BCUT2D eigenvalue weighted by molar-refractivity contribution is 0.649. The Kier molecular flexibility index (Phi) is 2.40. The number of anilines is 1. The zero-order valence-corrected chi connectivity index (χ0v) is 9.36. The molecule has 5 nitrogen and oxygen atoms in total. The van der Waals surface area contributed by atoms with Crippen LogP contribution in [-0.4, -0.2) is 19.6 Å². The number of nitrogens with zero attached hydrogens (tertiary/aromatic N) is 4. The first-order valence-electron chi connectivity index (χ1n) is 4.54. The van der Waals surface area contributed by atoms with Crippen LogP contribution in [0.25, 0.3) is 0 Å². The van der Waals surface area contributed by atoms with Crippen LogP contribution in [0.15, 0.2) is 12.3 Å². The highest BCUT2D eigenvalue weighted by Gasteiger charge is 2.06. The summed E-state index contributed by atoms with van der Waals surface area (Å²) in [6.45, 7) is 2.58. The predicted molar refractivity (Wildman–Crippen MR) is 58.7 cm³/mol. The summed E-state index contributed by atoms with van der Waals surface area (Å²) in [5.74, 6) is 0.351. The molecule has 6 heteroatoms. The number of hydrogen-bond donors (Lipinski definition) is 1. The summed E-state index contributed by atoms with van der Waals surface area (Å²) in [5, 5.41) is 8.85. The van der Waals surface area contributed by atoms with Gasteiger partial charge in [0.05, 0.1) is 12.2 Å². The topological polar surface area (TPSA) is 61.7 Å². The van der Waals surface area contributed by atoms with Gasteiger partial charge in [-0.25, -0.2) is 0 Å². The van der Waals surface area contributed by atoms with Crippen molar-refractivity contribution in [1.29, 1.82) is 0 Å². The third kappa shape index (κ3) is 1.97. The normalized spacial score (nSPS) is 10.9. The molecule has 0 amide bonds. The van der Waals surface area contributed by atoms with Crippen LogP contribution in [0.3, 0.4) is 0 Å². The fourth-order valence-electron chi connectivity index (χ4n) is 1.37. The van der Waals surface area contributed by atoms with Crippen molar-refractivity contribution in [3.63, 3.8) is 0 Å². The Labute approximate surface area is 92.4 Å². The monoisotopic (exact) mass is 225 g/mol. The standard InChI is InChI=1S/C9H12ClN5/c1-6-3-7(12-14(6)2)4-15-5-8(10)9(11)13-15/h3,5H,4H2,1-2H3,(H2,11,13). The van der Waals surface area contributed by atoms with E-state index in [1.807, 2.05) is 24.7 Å². The molecule has 0 bridgehead atoms. The zero-order valence-electron chi connectivity index (χ0n) is 8.61. The fourth-order valence-corrected chi connectivity index (χ4v) is 1.52. The third-order valence-electron chi connectivity index (χ3n) is 2.23. The van der Waals surface area contributed by atoms with Gasteiger partial charge in [0.15, 0.2) is 5.82 Å². The minimum absolute atomic E-state index is 0.351. The van der Waals surface area contributed by atoms with Crippen LogP contribution in [0.1, 0.15) is 11.4 Å².